The van der Waals surface area contributed by atoms with Crippen LogP contribution in [0.25, 0.3) is 46.4 Å². The average Bonchev–Trinajstić information content (AvgIpc) is 3.56. The molecule has 5 heteroatoms. The summed E-state index contributed by atoms with van der Waals surface area (Å²) in [4.78, 5) is 16.0. The van der Waals surface area contributed by atoms with Gasteiger partial charge in [0.15, 0.2) is 0 Å². The van der Waals surface area contributed by atoms with Gasteiger partial charge in [-0.05, 0) is 72.8 Å². The molecule has 2 aliphatic heterocycles. The van der Waals surface area contributed by atoms with Crippen molar-refractivity contribution in [2.75, 3.05) is 0 Å². The molecular weight excluding hydrogens is 476 g/mol. The molecule has 4 nitrogen and oxygen atoms in total. The topological polar surface area (TPSA) is 57.4 Å². The number of benzene rings is 1. The first-order chi connectivity index (χ1) is 14.8. The van der Waals surface area contributed by atoms with Crippen molar-refractivity contribution in [3.63, 3.8) is 0 Å². The molecule has 3 aromatic heterocycles. The predicted molar refractivity (Wildman–Crippen MR) is 125 cm³/mol. The van der Waals surface area contributed by atoms with Crippen LogP contribution in [0.1, 0.15) is 22.8 Å². The van der Waals surface area contributed by atoms with Crippen LogP contribution in [0.15, 0.2) is 84.9 Å². The molecule has 31 heavy (non-hydrogen) atoms. The van der Waals surface area contributed by atoms with E-state index in [9.17, 15) is 0 Å². The number of rotatable bonds is 0. The van der Waals surface area contributed by atoms with Crippen molar-refractivity contribution < 1.29 is 22.4 Å². The van der Waals surface area contributed by atoms with Gasteiger partial charge in [0.1, 0.15) is 0 Å². The fourth-order valence-electron chi connectivity index (χ4n) is 3.33. The van der Waals surface area contributed by atoms with Crippen molar-refractivity contribution >= 4 is 46.4 Å². The Morgan fingerprint density at radius 2 is 0.742 bits per heavy atom. The molecule has 0 saturated heterocycles. The molecule has 0 aliphatic carbocycles. The average molecular weight is 496 g/mol. The van der Waals surface area contributed by atoms with Crippen molar-refractivity contribution in [3.8, 4) is 0 Å². The maximum atomic E-state index is 4.62. The van der Waals surface area contributed by atoms with Crippen molar-refractivity contribution in [2.45, 2.75) is 0 Å². The van der Waals surface area contributed by atoms with Gasteiger partial charge in [-0.2, -0.15) is 0 Å². The zero-order valence-electron chi connectivity index (χ0n) is 16.6. The summed E-state index contributed by atoms with van der Waals surface area (Å²) < 4.78 is 0. The minimum atomic E-state index is 0. The van der Waals surface area contributed by atoms with Gasteiger partial charge in [-0.15, -0.1) is 0 Å². The molecule has 0 amide bonds. The van der Waals surface area contributed by atoms with Gasteiger partial charge in [-0.1, -0.05) is 36.4 Å². The summed E-state index contributed by atoms with van der Waals surface area (Å²) in [5.41, 5.74) is 7.86. The van der Waals surface area contributed by atoms with Crippen molar-refractivity contribution in [3.05, 3.63) is 108 Å². The number of nitrogens with zero attached hydrogens (tertiary/aromatic N) is 2. The molecule has 2 aliphatic rings. The van der Waals surface area contributed by atoms with Gasteiger partial charge < -0.3 is 9.97 Å². The number of H-pyrrole nitrogens is 2. The Kier molecular flexibility index (Phi) is 6.43. The van der Waals surface area contributed by atoms with Crippen LogP contribution in [0, 0.1) is 0 Å². The fraction of sp³-hybridized carbons (Fsp3) is 0. The van der Waals surface area contributed by atoms with Crippen LogP contribution in [-0.4, -0.2) is 19.9 Å². The maximum Gasteiger partial charge on any atom is 0.0659 e. The summed E-state index contributed by atoms with van der Waals surface area (Å²) >= 11 is 0. The monoisotopic (exact) mass is 495 g/mol. The summed E-state index contributed by atoms with van der Waals surface area (Å²) in [6.07, 6.45) is 8.05. The first-order valence-corrected chi connectivity index (χ1v) is 9.85. The van der Waals surface area contributed by atoms with Gasteiger partial charge in [-0.3, -0.25) is 0 Å². The molecule has 1 radical (unpaired) electrons. The van der Waals surface area contributed by atoms with Crippen LogP contribution in [-0.2, 0) is 22.4 Å². The molecule has 0 atom stereocenters. The molecule has 0 spiro atoms. The third-order valence-corrected chi connectivity index (χ3v) is 4.71. The van der Waals surface area contributed by atoms with Gasteiger partial charge in [-0.25, -0.2) is 9.97 Å². The summed E-state index contributed by atoms with van der Waals surface area (Å²) in [6, 6.07) is 28.4. The SMILES string of the molecule is C1=Cc2cc3ccc(cc4ccc(cc5nc(cc1n2)C=C5)[nH]4)[nH]3.[Ag].c1ccccc1. The standard InChI is InChI=1S/C20H14N4.C6H6.Ag/c1-2-14-10-16-5-6-18(23-16)12-20-8-7-19(24-20)11-17-4-3-15(22-17)9-13(1)21-14;1-2-4-6-5-3-1;/h1-12,21-22H;1-6H;. The molecule has 0 fully saturated rings. The molecule has 5 heterocycles. The van der Waals surface area contributed by atoms with Gasteiger partial charge in [0.05, 0.1) is 22.8 Å². The van der Waals surface area contributed by atoms with Gasteiger partial charge in [0, 0.05) is 44.4 Å². The van der Waals surface area contributed by atoms with E-state index in [1.54, 1.807) is 0 Å². The summed E-state index contributed by atoms with van der Waals surface area (Å²) in [6.45, 7) is 0. The van der Waals surface area contributed by atoms with E-state index in [0.29, 0.717) is 0 Å². The second-order valence-corrected chi connectivity index (χ2v) is 7.06. The van der Waals surface area contributed by atoms with Gasteiger partial charge in [0.25, 0.3) is 0 Å². The van der Waals surface area contributed by atoms with E-state index in [-0.39, 0.29) is 22.4 Å². The molecule has 0 unspecified atom stereocenters. The number of aromatic amines is 2. The van der Waals surface area contributed by atoms with Crippen LogP contribution in [0.3, 0.4) is 0 Å². The first-order valence-electron chi connectivity index (χ1n) is 9.85. The van der Waals surface area contributed by atoms with E-state index in [1.165, 1.54) is 0 Å². The Balaban J connectivity index is 0.000000288. The zero-order valence-corrected chi connectivity index (χ0v) is 18.1. The third-order valence-electron chi connectivity index (χ3n) is 4.71. The summed E-state index contributed by atoms with van der Waals surface area (Å²) in [7, 11) is 0. The number of hydrogen-bond donors (Lipinski definition) is 2. The molecule has 1 aromatic carbocycles. The minimum absolute atomic E-state index is 0. The van der Waals surface area contributed by atoms with E-state index >= 15 is 0 Å². The number of fused-ring (bicyclic) bond motifs is 8. The molecule has 4 aromatic rings. The summed E-state index contributed by atoms with van der Waals surface area (Å²) in [5, 5.41) is 0. The Morgan fingerprint density at radius 1 is 0.419 bits per heavy atom. The number of nitrogens with one attached hydrogen (secondary N) is 2. The summed E-state index contributed by atoms with van der Waals surface area (Å²) in [5.74, 6) is 0. The van der Waals surface area contributed by atoms with E-state index < -0.39 is 0 Å². The van der Waals surface area contributed by atoms with E-state index in [0.717, 1.165) is 44.8 Å². The van der Waals surface area contributed by atoms with E-state index in [4.69, 9.17) is 0 Å². The zero-order chi connectivity index (χ0) is 20.2. The smallest absolute Gasteiger partial charge is 0.0659 e. The van der Waals surface area contributed by atoms with Gasteiger partial charge >= 0.3 is 0 Å². The molecule has 155 valence electrons. The Morgan fingerprint density at radius 3 is 1.13 bits per heavy atom. The Labute approximate surface area is 196 Å². The maximum absolute atomic E-state index is 4.62. The first kappa shape index (κ1) is 20.8. The van der Waals surface area contributed by atoms with Crippen LogP contribution >= 0.6 is 0 Å². The van der Waals surface area contributed by atoms with Crippen LogP contribution in [0.4, 0.5) is 0 Å². The fourth-order valence-corrected chi connectivity index (χ4v) is 3.33. The number of aromatic nitrogens is 4. The molecular formula is C26H20AgN4. The second kappa shape index (κ2) is 9.58. The van der Waals surface area contributed by atoms with Crippen LogP contribution < -0.4 is 0 Å². The second-order valence-electron chi connectivity index (χ2n) is 7.06. The van der Waals surface area contributed by atoms with Crippen molar-refractivity contribution in [1.82, 2.24) is 19.9 Å². The number of hydrogen-bond acceptors (Lipinski definition) is 2. The Hall–Kier alpha value is -3.44. The molecule has 2 N–H and O–H groups in total. The van der Waals surface area contributed by atoms with Crippen LogP contribution in [0.2, 0.25) is 0 Å². The molecule has 0 saturated carbocycles. The predicted octanol–water partition coefficient (Wildman–Crippen LogP) is 6.34. The van der Waals surface area contributed by atoms with E-state index in [2.05, 4.69) is 50.3 Å². The molecule has 8 bridgehead atoms. The molecule has 6 rings (SSSR count). The van der Waals surface area contributed by atoms with E-state index in [1.807, 2.05) is 78.9 Å². The van der Waals surface area contributed by atoms with Crippen molar-refractivity contribution in [1.29, 1.82) is 0 Å². The Bertz CT molecular complexity index is 1280. The van der Waals surface area contributed by atoms with Crippen molar-refractivity contribution in [2.24, 2.45) is 0 Å². The van der Waals surface area contributed by atoms with Gasteiger partial charge in [0.2, 0.25) is 0 Å². The minimum Gasteiger partial charge on any atom is -0.355 e. The normalized spacial score (nSPS) is 11.4. The quantitative estimate of drug-likeness (QED) is 0.241. The largest absolute Gasteiger partial charge is 0.355 e. The van der Waals surface area contributed by atoms with Crippen LogP contribution in [0.5, 0.6) is 0 Å². The third kappa shape index (κ3) is 5.38.